The lowest BCUT2D eigenvalue weighted by atomic mass is 10.0. The van der Waals surface area contributed by atoms with Crippen molar-refractivity contribution in [3.8, 4) is 17.6 Å². The van der Waals surface area contributed by atoms with Gasteiger partial charge < -0.3 is 9.47 Å². The highest BCUT2D eigenvalue weighted by Crippen LogP contribution is 2.35. The smallest absolute Gasteiger partial charge is 0.308 e. The van der Waals surface area contributed by atoms with Gasteiger partial charge in [0.25, 0.3) is 5.91 Å². The Hall–Kier alpha value is -3.59. The standard InChI is InChI=1S/C21H18N2O4/c1-13-10-16(11-14(2)20(13)26-15(3)24)12-19-21(25)23(9-8-22)17-6-4-5-7-18(17)27-19/h4-7,10-12H,9H2,1-3H3. The highest BCUT2D eigenvalue weighted by atomic mass is 16.5. The van der Waals surface area contributed by atoms with E-state index in [1.165, 1.54) is 11.8 Å². The van der Waals surface area contributed by atoms with Crippen molar-refractivity contribution in [1.82, 2.24) is 0 Å². The van der Waals surface area contributed by atoms with Crippen LogP contribution in [0.15, 0.2) is 42.2 Å². The number of hydrogen-bond acceptors (Lipinski definition) is 5. The van der Waals surface area contributed by atoms with Crippen LogP contribution in [0.4, 0.5) is 5.69 Å². The van der Waals surface area contributed by atoms with Gasteiger partial charge in [-0.15, -0.1) is 0 Å². The van der Waals surface area contributed by atoms with Gasteiger partial charge in [0, 0.05) is 6.92 Å². The molecule has 1 amide bonds. The molecule has 136 valence electrons. The van der Waals surface area contributed by atoms with Gasteiger partial charge >= 0.3 is 5.97 Å². The molecule has 0 fully saturated rings. The van der Waals surface area contributed by atoms with Gasteiger partial charge in [-0.1, -0.05) is 12.1 Å². The summed E-state index contributed by atoms with van der Waals surface area (Å²) in [7, 11) is 0. The Balaban J connectivity index is 2.01. The molecule has 0 bridgehead atoms. The number of carbonyl (C=O) groups excluding carboxylic acids is 2. The van der Waals surface area contributed by atoms with Gasteiger partial charge in [0.15, 0.2) is 11.5 Å². The van der Waals surface area contributed by atoms with Gasteiger partial charge in [0.2, 0.25) is 0 Å². The Labute approximate surface area is 157 Å². The number of nitrogens with zero attached hydrogens (tertiary/aromatic N) is 2. The molecule has 1 aliphatic heterocycles. The average Bonchev–Trinajstić information content (AvgIpc) is 2.61. The first-order valence-electron chi connectivity index (χ1n) is 8.37. The summed E-state index contributed by atoms with van der Waals surface area (Å²) in [5.41, 5.74) is 2.85. The second kappa shape index (κ2) is 7.34. The van der Waals surface area contributed by atoms with E-state index in [1.807, 2.05) is 32.0 Å². The highest BCUT2D eigenvalue weighted by Gasteiger charge is 2.30. The summed E-state index contributed by atoms with van der Waals surface area (Å²) in [5.74, 6) is 0.389. The Morgan fingerprint density at radius 3 is 2.56 bits per heavy atom. The maximum Gasteiger partial charge on any atom is 0.308 e. The summed E-state index contributed by atoms with van der Waals surface area (Å²) in [6, 6.07) is 12.7. The minimum atomic E-state index is -0.387. The number of anilines is 1. The summed E-state index contributed by atoms with van der Waals surface area (Å²) >= 11 is 0. The molecule has 0 aromatic heterocycles. The highest BCUT2D eigenvalue weighted by molar-refractivity contribution is 6.10. The van der Waals surface area contributed by atoms with Crippen LogP contribution >= 0.6 is 0 Å². The van der Waals surface area contributed by atoms with E-state index in [0.717, 1.165) is 16.7 Å². The molecule has 0 N–H and O–H groups in total. The van der Waals surface area contributed by atoms with Crippen molar-refractivity contribution in [3.05, 3.63) is 58.8 Å². The zero-order chi connectivity index (χ0) is 19.6. The van der Waals surface area contributed by atoms with E-state index < -0.39 is 0 Å². The molecule has 3 rings (SSSR count). The Bertz CT molecular complexity index is 978. The van der Waals surface area contributed by atoms with E-state index in [0.29, 0.717) is 17.2 Å². The van der Waals surface area contributed by atoms with E-state index in [-0.39, 0.29) is 24.2 Å². The molecule has 1 heterocycles. The predicted octanol–water partition coefficient (Wildman–Crippen LogP) is 3.52. The third-order valence-electron chi connectivity index (χ3n) is 4.09. The van der Waals surface area contributed by atoms with Crippen LogP contribution in [0, 0.1) is 25.2 Å². The number of hydrogen-bond donors (Lipinski definition) is 0. The fourth-order valence-electron chi connectivity index (χ4n) is 3.01. The van der Waals surface area contributed by atoms with Gasteiger partial charge in [0.1, 0.15) is 12.3 Å². The largest absolute Gasteiger partial charge is 0.449 e. The van der Waals surface area contributed by atoms with Crippen LogP contribution in [0.3, 0.4) is 0 Å². The van der Waals surface area contributed by atoms with Gasteiger partial charge in [-0.2, -0.15) is 5.26 Å². The summed E-state index contributed by atoms with van der Waals surface area (Å²) in [6.07, 6.45) is 1.63. The van der Waals surface area contributed by atoms with Crippen molar-refractivity contribution in [2.45, 2.75) is 20.8 Å². The number of amides is 1. The number of nitriles is 1. The van der Waals surface area contributed by atoms with E-state index in [1.54, 1.807) is 30.3 Å². The SMILES string of the molecule is CC(=O)Oc1c(C)cc(C=C2Oc3ccccc3N(CC#N)C2=O)cc1C. The van der Waals surface area contributed by atoms with Crippen molar-refractivity contribution in [1.29, 1.82) is 5.26 Å². The fourth-order valence-corrected chi connectivity index (χ4v) is 3.01. The zero-order valence-corrected chi connectivity index (χ0v) is 15.3. The van der Waals surface area contributed by atoms with Crippen LogP contribution in [-0.4, -0.2) is 18.4 Å². The van der Waals surface area contributed by atoms with Gasteiger partial charge in [0.05, 0.1) is 11.8 Å². The second-order valence-electron chi connectivity index (χ2n) is 6.21. The fraction of sp³-hybridized carbons (Fsp3) is 0.190. The lowest BCUT2D eigenvalue weighted by molar-refractivity contribution is -0.132. The first kappa shape index (κ1) is 18.2. The molecule has 2 aromatic rings. The molecule has 0 atom stereocenters. The molecule has 2 aromatic carbocycles. The number of fused-ring (bicyclic) bond motifs is 1. The molecule has 6 nitrogen and oxygen atoms in total. The van der Waals surface area contributed by atoms with Crippen molar-refractivity contribution < 1.29 is 19.1 Å². The first-order chi connectivity index (χ1) is 12.9. The topological polar surface area (TPSA) is 79.6 Å². The molecular formula is C21H18N2O4. The monoisotopic (exact) mass is 362 g/mol. The molecule has 0 aliphatic carbocycles. The minimum absolute atomic E-state index is 0.0695. The number of ether oxygens (including phenoxy) is 2. The summed E-state index contributed by atoms with van der Waals surface area (Å²) in [6.45, 7) is 4.94. The van der Waals surface area contributed by atoms with Crippen molar-refractivity contribution >= 4 is 23.6 Å². The third-order valence-corrected chi connectivity index (χ3v) is 4.09. The molecule has 6 heteroatoms. The molecule has 0 spiro atoms. The lowest BCUT2D eigenvalue weighted by Gasteiger charge is -2.28. The van der Waals surface area contributed by atoms with Crippen molar-refractivity contribution in [3.63, 3.8) is 0 Å². The van der Waals surface area contributed by atoms with Crippen LogP contribution in [0.2, 0.25) is 0 Å². The molecule has 1 aliphatic rings. The van der Waals surface area contributed by atoms with Crippen LogP contribution in [0.5, 0.6) is 11.5 Å². The van der Waals surface area contributed by atoms with E-state index in [4.69, 9.17) is 14.7 Å². The number of esters is 1. The van der Waals surface area contributed by atoms with Crippen LogP contribution < -0.4 is 14.4 Å². The van der Waals surface area contributed by atoms with E-state index in [2.05, 4.69) is 0 Å². The number of benzene rings is 2. The summed E-state index contributed by atoms with van der Waals surface area (Å²) in [4.78, 5) is 25.4. The maximum atomic E-state index is 12.8. The Morgan fingerprint density at radius 2 is 1.93 bits per heavy atom. The van der Waals surface area contributed by atoms with E-state index in [9.17, 15) is 9.59 Å². The number of rotatable bonds is 3. The van der Waals surface area contributed by atoms with Crippen molar-refractivity contribution in [2.24, 2.45) is 0 Å². The maximum absolute atomic E-state index is 12.8. The average molecular weight is 362 g/mol. The molecule has 0 unspecified atom stereocenters. The van der Waals surface area contributed by atoms with Crippen LogP contribution in [0.1, 0.15) is 23.6 Å². The third kappa shape index (κ3) is 3.67. The lowest BCUT2D eigenvalue weighted by Crippen LogP contribution is -2.37. The van der Waals surface area contributed by atoms with E-state index >= 15 is 0 Å². The number of para-hydroxylation sites is 2. The zero-order valence-electron chi connectivity index (χ0n) is 15.3. The van der Waals surface area contributed by atoms with Gasteiger partial charge in [-0.3, -0.25) is 14.5 Å². The predicted molar refractivity (Wildman–Crippen MR) is 100 cm³/mol. The molecule has 0 radical (unpaired) electrons. The quantitative estimate of drug-likeness (QED) is 0.361. The first-order valence-corrected chi connectivity index (χ1v) is 8.37. The molecule has 27 heavy (non-hydrogen) atoms. The van der Waals surface area contributed by atoms with Crippen LogP contribution in [0.25, 0.3) is 6.08 Å². The van der Waals surface area contributed by atoms with Gasteiger partial charge in [-0.05, 0) is 60.9 Å². The Morgan fingerprint density at radius 1 is 1.26 bits per heavy atom. The second-order valence-corrected chi connectivity index (χ2v) is 6.21. The number of aryl methyl sites for hydroxylation is 2. The summed E-state index contributed by atoms with van der Waals surface area (Å²) in [5, 5.41) is 9.07. The molecule has 0 saturated heterocycles. The Kier molecular flexibility index (Phi) is 4.95. The minimum Gasteiger partial charge on any atom is -0.449 e. The summed E-state index contributed by atoms with van der Waals surface area (Å²) < 4.78 is 11.0. The normalized spacial score (nSPS) is 14.4. The molecular weight excluding hydrogens is 344 g/mol. The van der Waals surface area contributed by atoms with Gasteiger partial charge in [-0.25, -0.2) is 0 Å². The molecule has 0 saturated carbocycles. The van der Waals surface area contributed by atoms with Crippen molar-refractivity contribution in [2.75, 3.05) is 11.4 Å². The number of carbonyl (C=O) groups is 2. The van der Waals surface area contributed by atoms with Crippen LogP contribution in [-0.2, 0) is 9.59 Å².